The van der Waals surface area contributed by atoms with Gasteiger partial charge in [0.15, 0.2) is 0 Å². The number of hydrogen-bond donors (Lipinski definition) is 0. The molecule has 100 valence electrons. The Hall–Kier alpha value is -0.216. The van der Waals surface area contributed by atoms with Crippen molar-refractivity contribution in [3.05, 3.63) is 0 Å². The Morgan fingerprint density at radius 1 is 1.29 bits per heavy atom. The third-order valence-electron chi connectivity index (χ3n) is 2.78. The van der Waals surface area contributed by atoms with Gasteiger partial charge in [0, 0.05) is 20.3 Å². The van der Waals surface area contributed by atoms with Crippen molar-refractivity contribution in [2.24, 2.45) is 0 Å². The van der Waals surface area contributed by atoms with E-state index in [1.54, 1.807) is 14.2 Å². The summed E-state index contributed by atoms with van der Waals surface area (Å²) in [4.78, 5) is 11.8. The van der Waals surface area contributed by atoms with Crippen LogP contribution >= 0.6 is 0 Å². The van der Waals surface area contributed by atoms with Crippen LogP contribution in [0.1, 0.15) is 6.42 Å². The maximum atomic E-state index is 11.8. The predicted molar refractivity (Wildman–Crippen MR) is 70.2 cm³/mol. The first kappa shape index (κ1) is 14.8. The Morgan fingerprint density at radius 3 is 2.35 bits per heavy atom. The van der Waals surface area contributed by atoms with E-state index >= 15 is 0 Å². The summed E-state index contributed by atoms with van der Waals surface area (Å²) in [6, 6.07) is 0.917. The van der Waals surface area contributed by atoms with Gasteiger partial charge in [0.2, 0.25) is 8.32 Å². The fourth-order valence-corrected chi connectivity index (χ4v) is 5.73. The third kappa shape index (κ3) is 3.88. The van der Waals surface area contributed by atoms with Crippen LogP contribution in [0.5, 0.6) is 0 Å². The lowest BCUT2D eigenvalue weighted by Crippen LogP contribution is -2.55. The van der Waals surface area contributed by atoms with Gasteiger partial charge >= 0.3 is 14.7 Å². The summed E-state index contributed by atoms with van der Waals surface area (Å²) in [6.45, 7) is 7.16. The summed E-state index contributed by atoms with van der Waals surface area (Å²) in [5, 5.41) is 0. The maximum absolute atomic E-state index is 11.8. The van der Waals surface area contributed by atoms with E-state index in [2.05, 4.69) is 0 Å². The van der Waals surface area contributed by atoms with Crippen LogP contribution in [-0.4, -0.2) is 54.9 Å². The van der Waals surface area contributed by atoms with Gasteiger partial charge in [-0.15, -0.1) is 0 Å². The van der Waals surface area contributed by atoms with E-state index in [9.17, 15) is 4.79 Å². The number of carbonyl (C=O) groups is 1. The van der Waals surface area contributed by atoms with Crippen LogP contribution in [0.3, 0.4) is 0 Å². The van der Waals surface area contributed by atoms with Gasteiger partial charge in [0.25, 0.3) is 0 Å². The zero-order valence-corrected chi connectivity index (χ0v) is 13.4. The fraction of sp³-hybridized carbons (Fsp3) is 0.900. The monoisotopic (exact) mass is 277 g/mol. The average Bonchev–Trinajstić information content (AvgIpc) is 2.58. The zero-order chi connectivity index (χ0) is 13.1. The smallest absolute Gasteiger partial charge is 0.427 e. The first-order valence-electron chi connectivity index (χ1n) is 5.90. The molecule has 0 radical (unpaired) electrons. The quantitative estimate of drug-likeness (QED) is 0.709. The highest BCUT2D eigenvalue weighted by molar-refractivity contribution is 6.71. The molecule has 1 rings (SSSR count). The first-order chi connectivity index (χ1) is 7.83. The van der Waals surface area contributed by atoms with Crippen LogP contribution in [0.2, 0.25) is 25.7 Å². The molecule has 1 heterocycles. The van der Waals surface area contributed by atoms with E-state index in [4.69, 9.17) is 13.3 Å². The first-order valence-corrected chi connectivity index (χ1v) is 11.3. The number of rotatable bonds is 5. The molecule has 0 aromatic carbocycles. The Kier molecular flexibility index (Phi) is 4.90. The highest BCUT2D eigenvalue weighted by Gasteiger charge is 2.48. The molecule has 7 heteroatoms. The van der Waals surface area contributed by atoms with Crippen molar-refractivity contribution in [2.45, 2.75) is 32.1 Å². The van der Waals surface area contributed by atoms with Crippen LogP contribution in [0, 0.1) is 0 Å². The lowest BCUT2D eigenvalue weighted by atomic mass is 10.5. The average molecular weight is 277 g/mol. The molecule has 5 nitrogen and oxygen atoms in total. The largest absolute Gasteiger partial charge is 0.519 e. The van der Waals surface area contributed by atoms with Crippen molar-refractivity contribution >= 4 is 23.0 Å². The Labute approximate surface area is 105 Å². The van der Waals surface area contributed by atoms with Crippen LogP contribution < -0.4 is 0 Å². The minimum absolute atomic E-state index is 0.156. The zero-order valence-electron chi connectivity index (χ0n) is 11.4. The van der Waals surface area contributed by atoms with E-state index in [0.29, 0.717) is 0 Å². The molecular formula is C10H23NO4Si2. The normalized spacial score (nSPS) is 20.5. The molecule has 0 saturated carbocycles. The third-order valence-corrected chi connectivity index (χ3v) is 7.23. The van der Waals surface area contributed by atoms with Crippen LogP contribution in [0.15, 0.2) is 0 Å². The number of hydrogen-bond acceptors (Lipinski definition) is 5. The summed E-state index contributed by atoms with van der Waals surface area (Å²) in [5.74, 6) is -0.156. The SMILES string of the molecule is CO[Si]1(OC)CCCN1CC(=O)O[Si](C)(C)C. The van der Waals surface area contributed by atoms with E-state index in [0.717, 1.165) is 19.0 Å². The Morgan fingerprint density at radius 2 is 1.88 bits per heavy atom. The Balaban J connectivity index is 2.59. The van der Waals surface area contributed by atoms with Gasteiger partial charge < -0.3 is 13.3 Å². The molecule has 1 aliphatic heterocycles. The lowest BCUT2D eigenvalue weighted by molar-refractivity contribution is -0.135. The van der Waals surface area contributed by atoms with Crippen molar-refractivity contribution < 1.29 is 18.1 Å². The molecule has 0 atom stereocenters. The second-order valence-electron chi connectivity index (χ2n) is 5.23. The summed E-state index contributed by atoms with van der Waals surface area (Å²) in [7, 11) is -0.772. The molecule has 1 saturated heterocycles. The summed E-state index contributed by atoms with van der Waals surface area (Å²) in [6.07, 6.45) is 1.02. The molecule has 1 fully saturated rings. The van der Waals surface area contributed by atoms with Crippen molar-refractivity contribution in [1.82, 2.24) is 4.57 Å². The molecule has 0 aromatic heterocycles. The van der Waals surface area contributed by atoms with E-state index in [1.165, 1.54) is 0 Å². The van der Waals surface area contributed by atoms with E-state index in [1.807, 2.05) is 24.2 Å². The highest BCUT2D eigenvalue weighted by atomic mass is 28.4. The van der Waals surface area contributed by atoms with Crippen molar-refractivity contribution in [2.75, 3.05) is 27.3 Å². The van der Waals surface area contributed by atoms with Gasteiger partial charge in [-0.2, -0.15) is 0 Å². The number of nitrogens with zero attached hydrogens (tertiary/aromatic N) is 1. The number of carbonyl (C=O) groups excluding carboxylic acids is 1. The van der Waals surface area contributed by atoms with Gasteiger partial charge in [-0.3, -0.25) is 9.36 Å². The Bertz CT molecular complexity index is 276. The maximum Gasteiger partial charge on any atom is 0.427 e. The summed E-state index contributed by atoms with van der Waals surface area (Å²) < 4.78 is 18.6. The second-order valence-corrected chi connectivity index (χ2v) is 13.0. The van der Waals surface area contributed by atoms with Gasteiger partial charge in [-0.05, 0) is 32.6 Å². The van der Waals surface area contributed by atoms with Crippen molar-refractivity contribution in [1.29, 1.82) is 0 Å². The molecule has 0 aliphatic carbocycles. The molecule has 0 amide bonds. The van der Waals surface area contributed by atoms with Crippen molar-refractivity contribution in [3.63, 3.8) is 0 Å². The molecule has 17 heavy (non-hydrogen) atoms. The van der Waals surface area contributed by atoms with Crippen LogP contribution in [0.4, 0.5) is 0 Å². The standard InChI is InChI=1S/C10H23NO4Si2/c1-13-17(14-2)8-6-7-11(17)9-10(12)15-16(3,4)5/h6-9H2,1-5H3. The fourth-order valence-electron chi connectivity index (χ4n) is 2.10. The molecule has 0 unspecified atom stereocenters. The minimum atomic E-state index is -2.30. The van der Waals surface area contributed by atoms with Gasteiger partial charge in [0.1, 0.15) is 0 Å². The van der Waals surface area contributed by atoms with Crippen LogP contribution in [-0.2, 0) is 18.1 Å². The summed E-state index contributed by atoms with van der Waals surface area (Å²) in [5.41, 5.74) is 0. The molecule has 1 aliphatic rings. The molecule has 0 N–H and O–H groups in total. The van der Waals surface area contributed by atoms with E-state index < -0.39 is 17.0 Å². The molecule has 0 aromatic rings. The molecule has 0 bridgehead atoms. The van der Waals surface area contributed by atoms with Gasteiger partial charge in [-0.1, -0.05) is 0 Å². The second kappa shape index (κ2) is 5.62. The summed E-state index contributed by atoms with van der Waals surface area (Å²) >= 11 is 0. The predicted octanol–water partition coefficient (Wildman–Crippen LogP) is 1.30. The lowest BCUT2D eigenvalue weighted by Gasteiger charge is -2.31. The minimum Gasteiger partial charge on any atom is -0.519 e. The highest BCUT2D eigenvalue weighted by Crippen LogP contribution is 2.26. The van der Waals surface area contributed by atoms with E-state index in [-0.39, 0.29) is 12.5 Å². The molecular weight excluding hydrogens is 254 g/mol. The van der Waals surface area contributed by atoms with Gasteiger partial charge in [-0.25, -0.2) is 0 Å². The molecule has 0 spiro atoms. The topological polar surface area (TPSA) is 48.0 Å². The van der Waals surface area contributed by atoms with Crippen molar-refractivity contribution in [3.8, 4) is 0 Å². The van der Waals surface area contributed by atoms with Gasteiger partial charge in [0.05, 0.1) is 6.54 Å². The van der Waals surface area contributed by atoms with Crippen LogP contribution in [0.25, 0.3) is 0 Å².